The van der Waals surface area contributed by atoms with Crippen LogP contribution in [-0.4, -0.2) is 29.0 Å². The van der Waals surface area contributed by atoms with E-state index in [1.54, 1.807) is 6.07 Å². The molecule has 0 saturated carbocycles. The van der Waals surface area contributed by atoms with E-state index in [-0.39, 0.29) is 29.7 Å². The van der Waals surface area contributed by atoms with Gasteiger partial charge in [-0.1, -0.05) is 58.7 Å². The highest BCUT2D eigenvalue weighted by Crippen LogP contribution is 2.40. The minimum atomic E-state index is -3.08. The normalized spacial score (nSPS) is 12.1. The molecule has 0 saturated heterocycles. The van der Waals surface area contributed by atoms with Crippen LogP contribution in [0.15, 0.2) is 65.3 Å². The maximum absolute atomic E-state index is 12.9. The molecule has 0 radical (unpaired) electrons. The number of furan rings is 1. The van der Waals surface area contributed by atoms with Crippen molar-refractivity contribution in [2.45, 2.75) is 45.8 Å². The van der Waals surface area contributed by atoms with Gasteiger partial charge in [0.05, 0.1) is 18.2 Å². The number of nitrogens with zero attached hydrogens (tertiary/aromatic N) is 2. The van der Waals surface area contributed by atoms with E-state index in [1.165, 1.54) is 24.5 Å². The van der Waals surface area contributed by atoms with Crippen molar-refractivity contribution in [1.82, 2.24) is 10.3 Å². The molecule has 2 heterocycles. The van der Waals surface area contributed by atoms with Crippen molar-refractivity contribution in [3.63, 3.8) is 0 Å². The first-order valence-corrected chi connectivity index (χ1v) is 13.9. The summed E-state index contributed by atoms with van der Waals surface area (Å²) in [6.45, 7) is 2.20. The molecule has 0 aliphatic carbocycles. The van der Waals surface area contributed by atoms with Crippen LogP contribution in [-0.2, 0) is 4.79 Å². The summed E-state index contributed by atoms with van der Waals surface area (Å²) in [5, 5.41) is 15.3. The topological polar surface area (TPSA) is 108 Å². The average molecular weight is 566 g/mol. The summed E-state index contributed by atoms with van der Waals surface area (Å²) in [6, 6.07) is 13.4. The van der Waals surface area contributed by atoms with Gasteiger partial charge >= 0.3 is 6.61 Å². The van der Waals surface area contributed by atoms with Crippen LogP contribution in [0.4, 0.5) is 8.78 Å². The van der Waals surface area contributed by atoms with Gasteiger partial charge in [0.15, 0.2) is 16.9 Å². The van der Waals surface area contributed by atoms with E-state index in [4.69, 9.17) is 4.42 Å². The number of nitrogens with one attached hydrogen (secondary N) is 1. The zero-order valence-corrected chi connectivity index (χ0v) is 23.2. The van der Waals surface area contributed by atoms with Crippen molar-refractivity contribution in [2.24, 2.45) is 0 Å². The largest absolute Gasteiger partial charge is 0.451 e. The Morgan fingerprint density at radius 2 is 1.87 bits per heavy atom. The summed E-state index contributed by atoms with van der Waals surface area (Å²) in [7, 11) is 2.11. The van der Waals surface area contributed by atoms with Gasteiger partial charge in [0.25, 0.3) is 0 Å². The van der Waals surface area contributed by atoms with Gasteiger partial charge in [-0.25, -0.2) is 0 Å². The minimum absolute atomic E-state index is 0.0206. The smallest absolute Gasteiger partial charge is 0.387 e. The van der Waals surface area contributed by atoms with Crippen LogP contribution in [0.1, 0.15) is 50.3 Å². The molecular formula is C26H30F2N3O5PS. The van der Waals surface area contributed by atoms with Crippen molar-refractivity contribution in [1.29, 1.82) is 0 Å². The molecular weight excluding hydrogens is 535 g/mol. The van der Waals surface area contributed by atoms with Crippen molar-refractivity contribution in [2.75, 3.05) is 6.54 Å². The average Bonchev–Trinajstić information content (AvgIpc) is 3.31. The molecule has 1 N–H and O–H groups in total. The number of carbonyl (C=O) groups is 1. The lowest BCUT2D eigenvalue weighted by molar-refractivity contribution is -0.483. The molecule has 8 nitrogen and oxygen atoms in total. The molecule has 0 aliphatic heterocycles. The first-order valence-electron chi connectivity index (χ1n) is 11.8. The van der Waals surface area contributed by atoms with E-state index in [2.05, 4.69) is 35.7 Å². The fourth-order valence-corrected chi connectivity index (χ4v) is 4.07. The Hall–Kier alpha value is -3.30. The van der Waals surface area contributed by atoms with Crippen molar-refractivity contribution < 1.29 is 27.7 Å². The van der Waals surface area contributed by atoms with Gasteiger partial charge in [-0.05, 0) is 30.2 Å². The number of alkyl halides is 2. The van der Waals surface area contributed by atoms with E-state index in [9.17, 15) is 23.7 Å². The van der Waals surface area contributed by atoms with E-state index in [1.807, 2.05) is 51.1 Å². The van der Waals surface area contributed by atoms with Crippen LogP contribution in [0.2, 0.25) is 0 Å². The summed E-state index contributed by atoms with van der Waals surface area (Å²) in [5.41, 5.74) is 1.66. The van der Waals surface area contributed by atoms with Crippen LogP contribution in [0, 0.1) is 10.1 Å². The number of rotatable bonds is 9. The van der Waals surface area contributed by atoms with Crippen molar-refractivity contribution in [3.05, 3.63) is 82.2 Å². The monoisotopic (exact) mass is 565 g/mol. The number of thiol groups is 1. The van der Waals surface area contributed by atoms with Gasteiger partial charge in [0.2, 0.25) is 12.5 Å². The lowest BCUT2D eigenvalue weighted by atomic mass is 9.91. The molecule has 38 heavy (non-hydrogen) atoms. The zero-order valence-electron chi connectivity index (χ0n) is 21.1. The van der Waals surface area contributed by atoms with Gasteiger partial charge in [-0.3, -0.25) is 19.9 Å². The molecule has 1 amide bonds. The second kappa shape index (κ2) is 15.2. The first kappa shape index (κ1) is 30.9. The number of nitro groups is 1. The molecule has 3 unspecified atom stereocenters. The number of ether oxygens (including phenoxy) is 1. The van der Waals surface area contributed by atoms with Crippen LogP contribution >= 0.6 is 20.7 Å². The Kier molecular flexibility index (Phi) is 12.4. The number of halogens is 2. The van der Waals surface area contributed by atoms with Crippen molar-refractivity contribution in [3.8, 4) is 5.75 Å². The number of hydrogen-bond acceptors (Lipinski definition) is 7. The van der Waals surface area contributed by atoms with Crippen LogP contribution in [0.25, 0.3) is 21.9 Å². The van der Waals surface area contributed by atoms with Crippen molar-refractivity contribution >= 4 is 48.5 Å². The summed E-state index contributed by atoms with van der Waals surface area (Å²) in [5.74, 6) is -1.42. The fourth-order valence-electron chi connectivity index (χ4n) is 4.07. The Labute approximate surface area is 226 Å². The second-order valence-corrected chi connectivity index (χ2v) is 7.83. The van der Waals surface area contributed by atoms with Gasteiger partial charge in [0, 0.05) is 28.3 Å². The molecule has 0 spiro atoms. The van der Waals surface area contributed by atoms with Gasteiger partial charge in [0.1, 0.15) is 0 Å². The number of hydrogen-bond donors (Lipinski definition) is 2. The van der Waals surface area contributed by atoms with E-state index < -0.39 is 24.0 Å². The summed E-state index contributed by atoms with van der Waals surface area (Å²) in [4.78, 5) is 27.8. The minimum Gasteiger partial charge on any atom is -0.451 e. The molecule has 0 bridgehead atoms. The summed E-state index contributed by atoms with van der Waals surface area (Å²) < 4.78 is 36.2. The Morgan fingerprint density at radius 3 is 2.50 bits per heavy atom. The van der Waals surface area contributed by atoms with E-state index >= 15 is 0 Å². The third-order valence-electron chi connectivity index (χ3n) is 5.55. The molecule has 12 heteroatoms. The number of amides is 1. The molecule has 4 aromatic rings. The molecule has 2 aromatic carbocycles. The second-order valence-electron chi connectivity index (χ2n) is 7.83. The van der Waals surface area contributed by atoms with E-state index in [0.717, 1.165) is 5.56 Å². The van der Waals surface area contributed by atoms with Crippen LogP contribution in [0.5, 0.6) is 5.75 Å². The lowest BCUT2D eigenvalue weighted by Gasteiger charge is -2.18. The van der Waals surface area contributed by atoms with E-state index in [0.29, 0.717) is 21.9 Å². The highest BCUT2D eigenvalue weighted by Gasteiger charge is 2.28. The number of aromatic nitrogens is 1. The van der Waals surface area contributed by atoms with Crippen LogP contribution < -0.4 is 10.1 Å². The standard InChI is InChI=1S/C24H21F2N3O5.C2H6.H3PS/c1-14(15-5-3-2-4-6-15)28-21(30)11-16(13-29(31)32)17-7-8-19(34-24(25)26)23-22(17)18-9-10-27-12-20(18)33-23;2*1-2/h2-10,12,14,16,24H,11,13H2,1H3,(H,28,30);1-2H3;2H,1H2. The Bertz CT molecular complexity index is 1340. The molecule has 0 aliphatic rings. The third-order valence-corrected chi connectivity index (χ3v) is 5.55. The lowest BCUT2D eigenvalue weighted by Crippen LogP contribution is -2.29. The molecule has 3 atom stereocenters. The Balaban J connectivity index is 0.00000121. The predicted molar refractivity (Wildman–Crippen MR) is 150 cm³/mol. The fraction of sp³-hybridized carbons (Fsp3) is 0.308. The molecule has 204 valence electrons. The molecule has 4 rings (SSSR count). The molecule has 0 fully saturated rings. The van der Waals surface area contributed by atoms with Crippen LogP contribution in [0.3, 0.4) is 0 Å². The number of carbonyl (C=O) groups excluding carboxylic acids is 1. The zero-order chi connectivity index (χ0) is 28.2. The van der Waals surface area contributed by atoms with Gasteiger partial charge in [-0.2, -0.15) is 21.0 Å². The number of pyridine rings is 1. The van der Waals surface area contributed by atoms with Gasteiger partial charge < -0.3 is 14.5 Å². The SMILES string of the molecule is CC.CC(NC(=O)CC(C[N+](=O)[O-])c1ccc(OC(F)F)c2oc3cnccc3c12)c1ccccc1.PS. The predicted octanol–water partition coefficient (Wildman–Crippen LogP) is 6.94. The number of fused-ring (bicyclic) bond motifs is 3. The van der Waals surface area contributed by atoms with Gasteiger partial charge in [-0.15, -0.1) is 0 Å². The number of benzene rings is 2. The highest BCUT2D eigenvalue weighted by molar-refractivity contribution is 8.31. The Morgan fingerprint density at radius 1 is 1.18 bits per heavy atom. The third kappa shape index (κ3) is 7.85. The summed E-state index contributed by atoms with van der Waals surface area (Å²) in [6.07, 6.45) is 2.74. The first-order chi connectivity index (χ1) is 18.3. The highest BCUT2D eigenvalue weighted by atomic mass is 32.7. The maximum Gasteiger partial charge on any atom is 0.387 e. The quantitative estimate of drug-likeness (QED) is 0.0985. The molecule has 2 aromatic heterocycles. The summed E-state index contributed by atoms with van der Waals surface area (Å²) >= 11 is 3.44. The maximum atomic E-state index is 12.9.